The normalized spacial score (nSPS) is 12.3. The molecule has 41 heavy (non-hydrogen) atoms. The maximum atomic E-state index is 6.69. The lowest BCUT2D eigenvalue weighted by molar-refractivity contribution is 0.419. The number of rotatable bonds is 1. The van der Waals surface area contributed by atoms with Crippen molar-refractivity contribution < 1.29 is 9.15 Å². The molecule has 0 atom stereocenters. The average Bonchev–Trinajstić information content (AvgIpc) is 3.38. The number of hydrogen-bond acceptors (Lipinski definition) is 2. The van der Waals surface area contributed by atoms with Gasteiger partial charge in [-0.2, -0.15) is 0 Å². The van der Waals surface area contributed by atoms with Crippen LogP contribution in [0, 0.1) is 0 Å². The first-order chi connectivity index (χ1) is 20.1. The van der Waals surface area contributed by atoms with Gasteiger partial charge in [-0.3, -0.25) is 0 Å². The number of halogens is 2. The fourth-order valence-corrected chi connectivity index (χ4v) is 8.03. The Morgan fingerprint density at radius 2 is 1.05 bits per heavy atom. The first-order valence-electron chi connectivity index (χ1n) is 13.5. The number of furan rings is 1. The molecule has 9 aromatic rings. The summed E-state index contributed by atoms with van der Waals surface area (Å²) in [6.45, 7) is 0. The lowest BCUT2D eigenvalue weighted by Crippen LogP contribution is -1.89. The van der Waals surface area contributed by atoms with Crippen LogP contribution in [0.2, 0.25) is 0 Å². The smallest absolute Gasteiger partial charge is 0.139 e. The average molecular weight is 656 g/mol. The van der Waals surface area contributed by atoms with E-state index in [0.29, 0.717) is 0 Å². The van der Waals surface area contributed by atoms with Gasteiger partial charge in [-0.15, -0.1) is 0 Å². The van der Waals surface area contributed by atoms with Gasteiger partial charge in [0.15, 0.2) is 0 Å². The second-order valence-electron chi connectivity index (χ2n) is 10.6. The summed E-state index contributed by atoms with van der Waals surface area (Å²) < 4.78 is 14.8. The minimum Gasteiger partial charge on any atom is -0.496 e. The van der Waals surface area contributed by atoms with Crippen molar-refractivity contribution in [3.05, 3.63) is 112 Å². The molecule has 0 aliphatic rings. The summed E-state index contributed by atoms with van der Waals surface area (Å²) in [6.07, 6.45) is 0. The Labute approximate surface area is 251 Å². The molecular formula is C37H20Br2O2. The zero-order valence-electron chi connectivity index (χ0n) is 21.9. The minimum atomic E-state index is 0.796. The monoisotopic (exact) mass is 654 g/mol. The quantitative estimate of drug-likeness (QED) is 0.164. The van der Waals surface area contributed by atoms with Gasteiger partial charge in [-0.05, 0) is 66.7 Å². The first kappa shape index (κ1) is 23.6. The van der Waals surface area contributed by atoms with E-state index in [1.165, 1.54) is 53.9 Å². The molecule has 0 radical (unpaired) electrons. The van der Waals surface area contributed by atoms with E-state index in [1.807, 2.05) is 6.07 Å². The topological polar surface area (TPSA) is 22.4 Å². The molecule has 0 spiro atoms. The van der Waals surface area contributed by atoms with Gasteiger partial charge < -0.3 is 9.15 Å². The molecule has 194 valence electrons. The molecule has 0 saturated heterocycles. The highest BCUT2D eigenvalue weighted by atomic mass is 79.9. The van der Waals surface area contributed by atoms with Crippen molar-refractivity contribution in [1.82, 2.24) is 0 Å². The van der Waals surface area contributed by atoms with Gasteiger partial charge in [0.05, 0.1) is 7.11 Å². The van der Waals surface area contributed by atoms with Crippen LogP contribution in [0.5, 0.6) is 5.75 Å². The molecule has 1 aromatic heterocycles. The van der Waals surface area contributed by atoms with Crippen molar-refractivity contribution in [1.29, 1.82) is 0 Å². The SMILES string of the molecule is COc1cc2oc3ccc4cc(Br)c5ccc6ccccc6c5c4c3c2c2c1cc(Br)c1ccc3ccccc3c12. The molecule has 0 fully saturated rings. The molecule has 0 aliphatic carbocycles. The predicted molar refractivity (Wildman–Crippen MR) is 181 cm³/mol. The Kier molecular flexibility index (Phi) is 4.86. The molecule has 0 amide bonds. The van der Waals surface area contributed by atoms with Crippen LogP contribution in [0.4, 0.5) is 0 Å². The molecular weight excluding hydrogens is 636 g/mol. The van der Waals surface area contributed by atoms with Crippen LogP contribution in [0.15, 0.2) is 116 Å². The summed E-state index contributed by atoms with van der Waals surface area (Å²) in [5.74, 6) is 0.796. The van der Waals surface area contributed by atoms with Crippen molar-refractivity contribution in [2.45, 2.75) is 0 Å². The summed E-state index contributed by atoms with van der Waals surface area (Å²) >= 11 is 7.78. The second-order valence-corrected chi connectivity index (χ2v) is 12.4. The lowest BCUT2D eigenvalue weighted by atomic mass is 9.90. The van der Waals surface area contributed by atoms with Crippen LogP contribution in [-0.4, -0.2) is 7.11 Å². The standard InChI is InChI=1S/C37H20Br2O2/c1-40-30-18-31-37(35-26(30)17-28(39)25-14-11-20-7-3-5-9-23(20)34(25)35)36-29(41-31)15-12-21-16-27(38)24-13-10-19-6-2-4-8-22(19)33(24)32(21)36/h2-18H,1H3. The summed E-state index contributed by atoms with van der Waals surface area (Å²) in [4.78, 5) is 0. The number of ether oxygens (including phenoxy) is 1. The van der Waals surface area contributed by atoms with Gasteiger partial charge in [0.1, 0.15) is 16.9 Å². The van der Waals surface area contributed by atoms with E-state index in [0.717, 1.165) is 47.4 Å². The molecule has 0 aliphatic heterocycles. The van der Waals surface area contributed by atoms with Crippen molar-refractivity contribution in [2.75, 3.05) is 7.11 Å². The largest absolute Gasteiger partial charge is 0.496 e. The second kappa shape index (κ2) is 8.45. The maximum absolute atomic E-state index is 6.69. The molecule has 0 unspecified atom stereocenters. The molecule has 2 nitrogen and oxygen atoms in total. The van der Waals surface area contributed by atoms with Gasteiger partial charge in [0.2, 0.25) is 0 Å². The fourth-order valence-electron chi connectivity index (χ4n) is 6.89. The highest BCUT2D eigenvalue weighted by Gasteiger charge is 2.22. The minimum absolute atomic E-state index is 0.796. The van der Waals surface area contributed by atoms with Crippen LogP contribution in [-0.2, 0) is 0 Å². The highest BCUT2D eigenvalue weighted by molar-refractivity contribution is 9.11. The summed E-state index contributed by atoms with van der Waals surface area (Å²) in [5.41, 5.74) is 1.69. The van der Waals surface area contributed by atoms with E-state index in [9.17, 15) is 0 Å². The predicted octanol–water partition coefficient (Wildman–Crippen LogP) is 12.0. The fraction of sp³-hybridized carbons (Fsp3) is 0.0270. The molecule has 0 saturated carbocycles. The molecule has 4 heteroatoms. The number of hydrogen-bond donors (Lipinski definition) is 0. The van der Waals surface area contributed by atoms with Gasteiger partial charge in [-0.25, -0.2) is 0 Å². The Morgan fingerprint density at radius 1 is 0.463 bits per heavy atom. The molecule has 0 bridgehead atoms. The van der Waals surface area contributed by atoms with E-state index in [4.69, 9.17) is 9.15 Å². The van der Waals surface area contributed by atoms with Crippen molar-refractivity contribution in [2.24, 2.45) is 0 Å². The summed E-state index contributed by atoms with van der Waals surface area (Å²) in [5, 5.41) is 16.5. The number of methoxy groups -OCH3 is 1. The van der Waals surface area contributed by atoms with Gasteiger partial charge in [0.25, 0.3) is 0 Å². The van der Waals surface area contributed by atoms with Crippen molar-refractivity contribution >= 4 is 118 Å². The van der Waals surface area contributed by atoms with Gasteiger partial charge in [-0.1, -0.05) is 111 Å². The lowest BCUT2D eigenvalue weighted by Gasteiger charge is -2.15. The summed E-state index contributed by atoms with van der Waals surface area (Å²) in [6, 6.07) is 36.9. The van der Waals surface area contributed by atoms with E-state index in [-0.39, 0.29) is 0 Å². The van der Waals surface area contributed by atoms with Crippen molar-refractivity contribution in [3.8, 4) is 5.75 Å². The van der Waals surface area contributed by atoms with Crippen LogP contribution < -0.4 is 4.74 Å². The first-order valence-corrected chi connectivity index (χ1v) is 15.1. The van der Waals surface area contributed by atoms with Crippen LogP contribution in [0.3, 0.4) is 0 Å². The zero-order valence-corrected chi connectivity index (χ0v) is 25.1. The van der Waals surface area contributed by atoms with Crippen molar-refractivity contribution in [3.63, 3.8) is 0 Å². The highest BCUT2D eigenvalue weighted by Crippen LogP contribution is 2.49. The van der Waals surface area contributed by atoms with E-state index in [1.54, 1.807) is 7.11 Å². The molecule has 8 aromatic carbocycles. The maximum Gasteiger partial charge on any atom is 0.139 e. The van der Waals surface area contributed by atoms with Gasteiger partial charge in [0, 0.05) is 41.9 Å². The van der Waals surface area contributed by atoms with Gasteiger partial charge >= 0.3 is 0 Å². The van der Waals surface area contributed by atoms with E-state index in [2.05, 4.69) is 129 Å². The third-order valence-corrected chi connectivity index (χ3v) is 9.92. The van der Waals surface area contributed by atoms with E-state index < -0.39 is 0 Å². The van der Waals surface area contributed by atoms with Crippen LogP contribution in [0.25, 0.3) is 86.6 Å². The molecule has 1 heterocycles. The number of fused-ring (bicyclic) bond motifs is 15. The Hall–Kier alpha value is -4.12. The van der Waals surface area contributed by atoms with Crippen LogP contribution in [0.1, 0.15) is 0 Å². The molecule has 0 N–H and O–H groups in total. The Balaban J connectivity index is 1.67. The number of benzene rings is 8. The zero-order chi connectivity index (χ0) is 27.4. The van der Waals surface area contributed by atoms with Crippen LogP contribution >= 0.6 is 31.9 Å². The Morgan fingerprint density at radius 3 is 1.73 bits per heavy atom. The summed E-state index contributed by atoms with van der Waals surface area (Å²) in [7, 11) is 1.73. The van der Waals surface area contributed by atoms with E-state index >= 15 is 0 Å². The third-order valence-electron chi connectivity index (χ3n) is 8.61. The Bertz CT molecular complexity index is 2590. The molecule has 9 rings (SSSR count). The third kappa shape index (κ3) is 3.12.